The van der Waals surface area contributed by atoms with Crippen LogP contribution in [0.1, 0.15) is 11.1 Å². The molecule has 5 nitrogen and oxygen atoms in total. The summed E-state index contributed by atoms with van der Waals surface area (Å²) >= 11 is 0. The second-order valence-corrected chi connectivity index (χ2v) is 4.80. The van der Waals surface area contributed by atoms with E-state index in [0.29, 0.717) is 18.7 Å². The molecule has 1 aromatic heterocycles. The van der Waals surface area contributed by atoms with Gasteiger partial charge in [0.15, 0.2) is 6.10 Å². The minimum Gasteiger partial charge on any atom is -0.480 e. The van der Waals surface area contributed by atoms with E-state index in [4.69, 9.17) is 4.74 Å². The van der Waals surface area contributed by atoms with E-state index < -0.39 is 6.10 Å². The Kier molecular flexibility index (Phi) is 3.14. The zero-order valence-corrected chi connectivity index (χ0v) is 11.0. The van der Waals surface area contributed by atoms with E-state index in [2.05, 4.69) is 10.4 Å². The molecule has 0 bridgehead atoms. The first-order chi connectivity index (χ1) is 9.61. The fraction of sp³-hybridized carbons (Fsp3) is 0.286. The van der Waals surface area contributed by atoms with Gasteiger partial charge in [-0.25, -0.2) is 4.39 Å². The molecular formula is C14H14FN3O2. The van der Waals surface area contributed by atoms with E-state index in [1.165, 1.54) is 12.1 Å². The van der Waals surface area contributed by atoms with Crippen molar-refractivity contribution in [3.63, 3.8) is 0 Å². The molecule has 1 atom stereocenters. The highest BCUT2D eigenvalue weighted by Gasteiger charge is 2.29. The molecule has 2 heterocycles. The Morgan fingerprint density at radius 2 is 2.45 bits per heavy atom. The smallest absolute Gasteiger partial charge is 0.261 e. The molecule has 0 radical (unpaired) electrons. The molecule has 1 aromatic carbocycles. The minimum atomic E-state index is -0.594. The van der Waals surface area contributed by atoms with Crippen LogP contribution in [0.15, 0.2) is 30.6 Å². The Morgan fingerprint density at radius 1 is 1.60 bits per heavy atom. The second-order valence-electron chi connectivity index (χ2n) is 4.80. The molecule has 20 heavy (non-hydrogen) atoms. The summed E-state index contributed by atoms with van der Waals surface area (Å²) in [5, 5.41) is 6.82. The van der Waals surface area contributed by atoms with Crippen molar-refractivity contribution in [2.24, 2.45) is 7.05 Å². The number of fused-ring (bicyclic) bond motifs is 1. The molecular weight excluding hydrogens is 261 g/mol. The van der Waals surface area contributed by atoms with Crippen molar-refractivity contribution >= 4 is 5.91 Å². The van der Waals surface area contributed by atoms with Gasteiger partial charge in [0.1, 0.15) is 11.6 Å². The van der Waals surface area contributed by atoms with Crippen LogP contribution in [0.3, 0.4) is 0 Å². The lowest BCUT2D eigenvalue weighted by Gasteiger charge is -2.10. The van der Waals surface area contributed by atoms with Crippen molar-refractivity contribution in [3.8, 4) is 5.75 Å². The zero-order chi connectivity index (χ0) is 14.1. The van der Waals surface area contributed by atoms with Crippen molar-refractivity contribution in [1.82, 2.24) is 15.1 Å². The summed E-state index contributed by atoms with van der Waals surface area (Å²) in [5.41, 5.74) is 1.65. The Labute approximate surface area is 115 Å². The Bertz CT molecular complexity index is 654. The van der Waals surface area contributed by atoms with E-state index in [0.717, 1.165) is 11.1 Å². The molecule has 1 unspecified atom stereocenters. The third-order valence-electron chi connectivity index (χ3n) is 3.21. The average Bonchev–Trinajstić information content (AvgIpc) is 3.01. The van der Waals surface area contributed by atoms with Crippen molar-refractivity contribution in [2.45, 2.75) is 19.1 Å². The fourth-order valence-electron chi connectivity index (χ4n) is 2.23. The number of carbonyl (C=O) groups is 1. The maximum atomic E-state index is 13.1. The van der Waals surface area contributed by atoms with Crippen molar-refractivity contribution in [3.05, 3.63) is 47.5 Å². The van der Waals surface area contributed by atoms with Crippen LogP contribution in [0.4, 0.5) is 4.39 Å². The first kappa shape index (κ1) is 12.7. The fourth-order valence-corrected chi connectivity index (χ4v) is 2.23. The van der Waals surface area contributed by atoms with Crippen molar-refractivity contribution in [1.29, 1.82) is 0 Å². The van der Waals surface area contributed by atoms with Gasteiger partial charge in [-0.15, -0.1) is 0 Å². The topological polar surface area (TPSA) is 56.2 Å². The molecule has 104 valence electrons. The Morgan fingerprint density at radius 3 is 3.20 bits per heavy atom. The molecule has 2 aromatic rings. The van der Waals surface area contributed by atoms with Crippen LogP contribution >= 0.6 is 0 Å². The number of benzene rings is 1. The summed E-state index contributed by atoms with van der Waals surface area (Å²) in [6, 6.07) is 4.29. The number of rotatable bonds is 3. The highest BCUT2D eigenvalue weighted by atomic mass is 19.1. The highest BCUT2D eigenvalue weighted by molar-refractivity contribution is 5.82. The van der Waals surface area contributed by atoms with Crippen LogP contribution in [0.25, 0.3) is 0 Å². The Balaban J connectivity index is 1.60. The molecule has 0 spiro atoms. The average molecular weight is 275 g/mol. The summed E-state index contributed by atoms with van der Waals surface area (Å²) in [5.74, 6) is 0.0576. The maximum absolute atomic E-state index is 13.1. The van der Waals surface area contributed by atoms with Gasteiger partial charge in [-0.2, -0.15) is 5.10 Å². The van der Waals surface area contributed by atoms with Crippen LogP contribution in [-0.2, 0) is 24.8 Å². The van der Waals surface area contributed by atoms with Crippen molar-refractivity contribution in [2.75, 3.05) is 0 Å². The first-order valence-electron chi connectivity index (χ1n) is 6.32. The van der Waals surface area contributed by atoms with Gasteiger partial charge in [-0.1, -0.05) is 0 Å². The third kappa shape index (κ3) is 2.49. The number of aromatic nitrogens is 2. The summed E-state index contributed by atoms with van der Waals surface area (Å²) in [6.45, 7) is 0.400. The number of carbonyl (C=O) groups excluding carboxylic acids is 1. The first-order valence-corrected chi connectivity index (χ1v) is 6.32. The normalized spacial score (nSPS) is 16.6. The summed E-state index contributed by atoms with van der Waals surface area (Å²) in [6.07, 6.45) is 3.33. The molecule has 3 rings (SSSR count). The monoisotopic (exact) mass is 275 g/mol. The van der Waals surface area contributed by atoms with Gasteiger partial charge in [0.05, 0.1) is 6.20 Å². The lowest BCUT2D eigenvalue weighted by Crippen LogP contribution is -2.36. The number of nitrogens with zero attached hydrogens (tertiary/aromatic N) is 2. The van der Waals surface area contributed by atoms with Gasteiger partial charge >= 0.3 is 0 Å². The lowest BCUT2D eigenvalue weighted by atomic mass is 10.1. The summed E-state index contributed by atoms with van der Waals surface area (Å²) in [4.78, 5) is 12.0. The number of hydrogen-bond acceptors (Lipinski definition) is 3. The summed E-state index contributed by atoms with van der Waals surface area (Å²) < 4.78 is 20.3. The van der Waals surface area contributed by atoms with E-state index >= 15 is 0 Å². The largest absolute Gasteiger partial charge is 0.480 e. The predicted octanol–water partition coefficient (Wildman–Crippen LogP) is 1.18. The van der Waals surface area contributed by atoms with E-state index in [1.807, 2.05) is 13.2 Å². The Hall–Kier alpha value is -2.37. The van der Waals surface area contributed by atoms with Crippen LogP contribution in [-0.4, -0.2) is 21.8 Å². The SMILES string of the molecule is Cn1cc(CNC(=O)C2Cc3cc(F)ccc3O2)cn1. The van der Waals surface area contributed by atoms with Gasteiger partial charge in [-0.05, 0) is 18.2 Å². The molecule has 0 saturated heterocycles. The van der Waals surface area contributed by atoms with Crippen LogP contribution in [0.2, 0.25) is 0 Å². The minimum absolute atomic E-state index is 0.203. The van der Waals surface area contributed by atoms with Crippen molar-refractivity contribution < 1.29 is 13.9 Å². The standard InChI is InChI=1S/C14H14FN3O2/c1-18-8-9(7-17-18)6-16-14(19)13-5-10-4-11(15)2-3-12(10)20-13/h2-4,7-8,13H,5-6H2,1H3,(H,16,19). The van der Waals surface area contributed by atoms with Gasteiger partial charge < -0.3 is 10.1 Å². The molecule has 1 aliphatic heterocycles. The molecule has 0 fully saturated rings. The lowest BCUT2D eigenvalue weighted by molar-refractivity contribution is -0.127. The van der Waals surface area contributed by atoms with Gasteiger partial charge in [0.25, 0.3) is 5.91 Å². The maximum Gasteiger partial charge on any atom is 0.261 e. The summed E-state index contributed by atoms with van der Waals surface area (Å²) in [7, 11) is 1.82. The second kappa shape index (κ2) is 4.96. The number of halogens is 1. The van der Waals surface area contributed by atoms with Gasteiger partial charge in [0.2, 0.25) is 0 Å². The quantitative estimate of drug-likeness (QED) is 0.915. The molecule has 1 amide bonds. The third-order valence-corrected chi connectivity index (χ3v) is 3.21. The number of hydrogen-bond donors (Lipinski definition) is 1. The molecule has 0 aliphatic carbocycles. The van der Waals surface area contributed by atoms with Crippen LogP contribution in [0, 0.1) is 5.82 Å². The van der Waals surface area contributed by atoms with Gasteiger partial charge in [0, 0.05) is 37.3 Å². The molecule has 6 heteroatoms. The highest BCUT2D eigenvalue weighted by Crippen LogP contribution is 2.29. The molecule has 1 aliphatic rings. The van der Waals surface area contributed by atoms with E-state index in [9.17, 15) is 9.18 Å². The van der Waals surface area contributed by atoms with Crippen LogP contribution < -0.4 is 10.1 Å². The zero-order valence-electron chi connectivity index (χ0n) is 11.0. The number of ether oxygens (including phenoxy) is 1. The molecule has 0 saturated carbocycles. The predicted molar refractivity (Wildman–Crippen MR) is 69.6 cm³/mol. The number of amides is 1. The van der Waals surface area contributed by atoms with Gasteiger partial charge in [-0.3, -0.25) is 9.48 Å². The van der Waals surface area contributed by atoms with Crippen LogP contribution in [0.5, 0.6) is 5.75 Å². The number of nitrogens with one attached hydrogen (secondary N) is 1. The number of aryl methyl sites for hydroxylation is 1. The molecule has 1 N–H and O–H groups in total. The van der Waals surface area contributed by atoms with E-state index in [-0.39, 0.29) is 11.7 Å². The van der Waals surface area contributed by atoms with E-state index in [1.54, 1.807) is 16.9 Å².